The number of anilines is 1. The summed E-state index contributed by atoms with van der Waals surface area (Å²) in [5.74, 6) is 0. The van der Waals surface area contributed by atoms with Crippen molar-refractivity contribution in [2.75, 3.05) is 5.73 Å². The van der Waals surface area contributed by atoms with Crippen molar-refractivity contribution in [2.45, 2.75) is 14.7 Å². The Bertz CT molecular complexity index is 1680. The van der Waals surface area contributed by atoms with E-state index in [-0.39, 0.29) is 67.6 Å². The number of hydrogen-bond donors (Lipinski definition) is 4. The van der Waals surface area contributed by atoms with Crippen molar-refractivity contribution in [3.05, 3.63) is 36.4 Å². The Kier molecular flexibility index (Phi) is 5.38. The van der Waals surface area contributed by atoms with Crippen LogP contribution in [0.3, 0.4) is 0 Å². The van der Waals surface area contributed by atoms with Crippen LogP contribution in [-0.2, 0) is 30.4 Å². The van der Waals surface area contributed by atoms with Crippen molar-refractivity contribution >= 4 is 97.9 Å². The normalized spacial score (nSPS) is 13.2. The number of nitrogen functional groups attached to an aromatic ring is 1. The van der Waals surface area contributed by atoms with Crippen LogP contribution in [0.1, 0.15) is 0 Å². The van der Waals surface area contributed by atoms with Crippen molar-refractivity contribution in [1.82, 2.24) is 0 Å². The van der Waals surface area contributed by atoms with Gasteiger partial charge in [-0.2, -0.15) is 25.3 Å². The second kappa shape index (κ2) is 6.98. The van der Waals surface area contributed by atoms with Crippen LogP contribution in [0.15, 0.2) is 51.1 Å². The molecule has 0 fully saturated rings. The SMILES string of the molecule is Nc1ccc2c(S(=O)(=O)O)cc3c(S(=O)(=O)O)ccc4c(S(=O)(=O)O)cc1c2c43.[NaH]. The van der Waals surface area contributed by atoms with Crippen LogP contribution in [-0.4, -0.2) is 68.5 Å². The zero-order valence-corrected chi connectivity index (χ0v) is 16.5. The number of hydrogen-bond acceptors (Lipinski definition) is 7. The molecule has 5 N–H and O–H groups in total. The molecule has 0 heterocycles. The van der Waals surface area contributed by atoms with E-state index in [1.54, 1.807) is 0 Å². The summed E-state index contributed by atoms with van der Waals surface area (Å²) in [7, 11) is -14.5. The number of rotatable bonds is 3. The molecule has 0 aromatic heterocycles. The molecule has 0 aliphatic heterocycles. The molecule has 0 radical (unpaired) electrons. The van der Waals surface area contributed by atoms with Crippen LogP contribution in [0.5, 0.6) is 0 Å². The third-order valence-corrected chi connectivity index (χ3v) is 7.35. The Hall–Kier alpha value is -1.55. The van der Waals surface area contributed by atoms with E-state index in [4.69, 9.17) is 5.73 Å². The Morgan fingerprint density at radius 1 is 0.567 bits per heavy atom. The molecule has 0 unspecified atom stereocenters. The van der Waals surface area contributed by atoms with E-state index in [0.29, 0.717) is 0 Å². The molecule has 0 amide bonds. The second-order valence-electron chi connectivity index (χ2n) is 6.33. The molecular weight excluding hydrogens is 469 g/mol. The van der Waals surface area contributed by atoms with Gasteiger partial charge in [0.2, 0.25) is 0 Å². The van der Waals surface area contributed by atoms with E-state index in [9.17, 15) is 38.9 Å². The van der Waals surface area contributed by atoms with Gasteiger partial charge >= 0.3 is 29.6 Å². The second-order valence-corrected chi connectivity index (χ2v) is 10.5. The predicted molar refractivity (Wildman–Crippen MR) is 111 cm³/mol. The summed E-state index contributed by atoms with van der Waals surface area (Å²) in [4.78, 5) is -1.96. The van der Waals surface area contributed by atoms with Gasteiger partial charge in [-0.3, -0.25) is 13.7 Å². The molecule has 0 aliphatic carbocycles. The first-order valence-electron chi connectivity index (χ1n) is 7.67. The maximum atomic E-state index is 11.9. The third-order valence-electron chi connectivity index (χ3n) is 4.65. The van der Waals surface area contributed by atoms with Gasteiger partial charge in [-0.05, 0) is 24.3 Å². The standard InChI is InChI=1S/C16H11NO9S3.Na.H/c17-11-3-1-7-14(29(24,25)26)6-10-12(27(18,19)20)4-2-8-13(28(21,22)23)5-9(11)15(7)16(8)10;;/h1-6H,17H2,(H,18,19,20)(H,21,22,23)(H,24,25,26);;. The molecule has 10 nitrogen and oxygen atoms in total. The van der Waals surface area contributed by atoms with E-state index in [1.165, 1.54) is 12.1 Å². The van der Waals surface area contributed by atoms with E-state index in [0.717, 1.165) is 24.3 Å². The van der Waals surface area contributed by atoms with Gasteiger partial charge in [-0.1, -0.05) is 12.1 Å². The summed E-state index contributed by atoms with van der Waals surface area (Å²) in [5.41, 5.74) is 5.91. The quantitative estimate of drug-likeness (QED) is 0.143. The molecule has 0 spiro atoms. The molecule has 4 aromatic rings. The van der Waals surface area contributed by atoms with Crippen molar-refractivity contribution in [1.29, 1.82) is 0 Å². The summed E-state index contributed by atoms with van der Waals surface area (Å²) in [6, 6.07) is 6.30. The summed E-state index contributed by atoms with van der Waals surface area (Å²) < 4.78 is 100. The van der Waals surface area contributed by atoms with Crippen molar-refractivity contribution in [3.8, 4) is 0 Å². The van der Waals surface area contributed by atoms with Gasteiger partial charge in [-0.25, -0.2) is 0 Å². The fourth-order valence-corrected chi connectivity index (χ4v) is 5.66. The van der Waals surface area contributed by atoms with Crippen LogP contribution in [0.2, 0.25) is 0 Å². The summed E-state index contributed by atoms with van der Waals surface area (Å²) in [6.07, 6.45) is 0. The third kappa shape index (κ3) is 3.45. The van der Waals surface area contributed by atoms with E-state index >= 15 is 0 Å². The molecule has 0 bridgehead atoms. The van der Waals surface area contributed by atoms with Crippen LogP contribution < -0.4 is 5.73 Å². The zero-order valence-electron chi connectivity index (χ0n) is 14.1. The summed E-state index contributed by atoms with van der Waals surface area (Å²) in [6.45, 7) is 0. The number of nitrogens with two attached hydrogens (primary N) is 1. The van der Waals surface area contributed by atoms with Gasteiger partial charge in [-0.15, -0.1) is 0 Å². The Balaban J connectivity index is 0.00000256. The first-order chi connectivity index (χ1) is 13.2. The van der Waals surface area contributed by atoms with E-state index < -0.39 is 45.0 Å². The minimum atomic E-state index is -4.87. The average Bonchev–Trinajstić information content (AvgIpc) is 2.57. The molecule has 4 aromatic carbocycles. The Morgan fingerprint density at radius 3 is 1.43 bits per heavy atom. The zero-order chi connectivity index (χ0) is 21.5. The van der Waals surface area contributed by atoms with Crippen molar-refractivity contribution < 1.29 is 38.9 Å². The minimum absolute atomic E-state index is 0. The summed E-state index contributed by atoms with van der Waals surface area (Å²) in [5, 5.41) is -0.566. The summed E-state index contributed by atoms with van der Waals surface area (Å²) >= 11 is 0. The van der Waals surface area contributed by atoms with Crippen LogP contribution in [0, 0.1) is 0 Å². The molecule has 154 valence electrons. The fourth-order valence-electron chi connectivity index (χ4n) is 3.55. The Labute approximate surface area is 192 Å². The molecule has 14 heteroatoms. The molecule has 0 aliphatic rings. The van der Waals surface area contributed by atoms with Crippen LogP contribution >= 0.6 is 0 Å². The fraction of sp³-hybridized carbons (Fsp3) is 0. The first kappa shape index (κ1) is 23.1. The van der Waals surface area contributed by atoms with Crippen LogP contribution in [0.4, 0.5) is 5.69 Å². The van der Waals surface area contributed by atoms with Crippen molar-refractivity contribution in [2.24, 2.45) is 0 Å². The monoisotopic (exact) mass is 481 g/mol. The molecule has 4 rings (SSSR count). The number of benzene rings is 4. The maximum absolute atomic E-state index is 11.9. The molecule has 0 atom stereocenters. The van der Waals surface area contributed by atoms with Gasteiger partial charge in [0.05, 0.1) is 0 Å². The molecular formula is C16H12NNaO9S3. The van der Waals surface area contributed by atoms with Gasteiger partial charge in [0.1, 0.15) is 14.7 Å². The van der Waals surface area contributed by atoms with E-state index in [1.807, 2.05) is 0 Å². The van der Waals surface area contributed by atoms with Crippen molar-refractivity contribution in [3.63, 3.8) is 0 Å². The topological polar surface area (TPSA) is 189 Å². The Morgan fingerprint density at radius 2 is 0.967 bits per heavy atom. The molecule has 0 saturated carbocycles. The van der Waals surface area contributed by atoms with Gasteiger partial charge < -0.3 is 5.73 Å². The average molecular weight is 481 g/mol. The first-order valence-corrected chi connectivity index (χ1v) is 12.0. The molecule has 30 heavy (non-hydrogen) atoms. The van der Waals surface area contributed by atoms with E-state index in [2.05, 4.69) is 0 Å². The van der Waals surface area contributed by atoms with Crippen LogP contribution in [0.25, 0.3) is 32.3 Å². The van der Waals surface area contributed by atoms with Gasteiger partial charge in [0, 0.05) is 38.0 Å². The van der Waals surface area contributed by atoms with Gasteiger partial charge in [0.15, 0.2) is 0 Å². The predicted octanol–water partition coefficient (Wildman–Crippen LogP) is 1.26. The van der Waals surface area contributed by atoms with Gasteiger partial charge in [0.25, 0.3) is 30.4 Å². The molecule has 0 saturated heterocycles.